The second kappa shape index (κ2) is 9.00. The van der Waals surface area contributed by atoms with Gasteiger partial charge in [-0.25, -0.2) is 14.5 Å². The normalized spacial score (nSPS) is 15.8. The molecule has 1 aliphatic rings. The number of aryl methyl sites for hydroxylation is 1. The van der Waals surface area contributed by atoms with Crippen molar-refractivity contribution in [3.05, 3.63) is 84.2 Å². The molecule has 1 N–H and O–H groups in total. The van der Waals surface area contributed by atoms with Gasteiger partial charge in [0.05, 0.1) is 17.3 Å². The van der Waals surface area contributed by atoms with E-state index >= 15 is 0 Å². The number of aliphatic carboxylic acids is 1. The highest BCUT2D eigenvalue weighted by Crippen LogP contribution is 2.33. The zero-order chi connectivity index (χ0) is 24.6. The van der Waals surface area contributed by atoms with Crippen molar-refractivity contribution in [3.63, 3.8) is 0 Å². The highest BCUT2D eigenvalue weighted by Gasteiger charge is 2.25. The summed E-state index contributed by atoms with van der Waals surface area (Å²) in [5, 5.41) is 14.8. The second-order valence-electron chi connectivity index (χ2n) is 9.39. The standard InChI is InChI=1S/C29H25N5O2/c1-19-15-26-30-17-24-16-25(21-5-3-2-4-6-21)27(31-28(24)34(26)32-19)22-9-7-20(8-10-22)18-33-13-11-23(12-14-33)29(35)36/h2-10,13,15-17,23H,11-12,14,18H2,1H3/p+1. The van der Waals surface area contributed by atoms with Gasteiger partial charge in [0.1, 0.15) is 12.8 Å². The van der Waals surface area contributed by atoms with Crippen molar-refractivity contribution in [2.24, 2.45) is 5.92 Å². The molecule has 1 aliphatic heterocycles. The molecule has 2 aromatic carbocycles. The monoisotopic (exact) mass is 476 g/mol. The third-order valence-electron chi connectivity index (χ3n) is 6.84. The number of nitrogens with zero attached hydrogens (tertiary/aromatic N) is 5. The Morgan fingerprint density at radius 1 is 1.08 bits per heavy atom. The van der Waals surface area contributed by atoms with Crippen molar-refractivity contribution in [1.29, 1.82) is 0 Å². The Bertz CT molecular complexity index is 1620. The summed E-state index contributed by atoms with van der Waals surface area (Å²) >= 11 is 0. The third kappa shape index (κ3) is 4.13. The van der Waals surface area contributed by atoms with E-state index in [-0.39, 0.29) is 5.92 Å². The highest BCUT2D eigenvalue weighted by molar-refractivity contribution is 5.90. The Balaban J connectivity index is 1.40. The lowest BCUT2D eigenvalue weighted by atomic mass is 9.97. The van der Waals surface area contributed by atoms with Gasteiger partial charge >= 0.3 is 5.97 Å². The first kappa shape index (κ1) is 22.1. The lowest BCUT2D eigenvalue weighted by Gasteiger charge is -2.15. The van der Waals surface area contributed by atoms with Gasteiger partial charge in [0.2, 0.25) is 0 Å². The molecule has 4 heterocycles. The SMILES string of the molecule is Cc1cc2ncc3cc(-c4ccccc4)c(-c4ccc(C[N+]5=CCC(C(=O)O)CC5)cc4)nc3n2n1. The van der Waals surface area contributed by atoms with E-state index < -0.39 is 5.97 Å². The van der Waals surface area contributed by atoms with Crippen molar-refractivity contribution in [2.45, 2.75) is 26.3 Å². The number of carboxylic acid groups (broad SMARTS) is 1. The predicted octanol–water partition coefficient (Wildman–Crippen LogP) is 5.00. The molecule has 5 aromatic rings. The van der Waals surface area contributed by atoms with Crippen molar-refractivity contribution >= 4 is 28.9 Å². The van der Waals surface area contributed by atoms with Crippen LogP contribution in [0.5, 0.6) is 0 Å². The summed E-state index contributed by atoms with van der Waals surface area (Å²) in [6, 6.07) is 22.9. The van der Waals surface area contributed by atoms with Gasteiger partial charge in [-0.1, -0.05) is 54.6 Å². The van der Waals surface area contributed by atoms with Crippen LogP contribution < -0.4 is 0 Å². The number of aromatic nitrogens is 4. The molecule has 178 valence electrons. The van der Waals surface area contributed by atoms with E-state index in [9.17, 15) is 9.90 Å². The Morgan fingerprint density at radius 3 is 2.61 bits per heavy atom. The smallest absolute Gasteiger partial charge is 0.307 e. The summed E-state index contributed by atoms with van der Waals surface area (Å²) in [5.41, 5.74) is 7.71. The summed E-state index contributed by atoms with van der Waals surface area (Å²) < 4.78 is 4.02. The summed E-state index contributed by atoms with van der Waals surface area (Å²) in [5.74, 6) is -0.968. The van der Waals surface area contributed by atoms with Gasteiger partial charge in [-0.15, -0.1) is 0 Å². The topological polar surface area (TPSA) is 83.4 Å². The Labute approximate surface area is 208 Å². The van der Waals surface area contributed by atoms with Gasteiger partial charge in [0.25, 0.3) is 0 Å². The van der Waals surface area contributed by atoms with Crippen molar-refractivity contribution in [2.75, 3.05) is 6.54 Å². The molecule has 0 amide bonds. The van der Waals surface area contributed by atoms with Gasteiger partial charge in [-0.2, -0.15) is 9.61 Å². The molecule has 7 nitrogen and oxygen atoms in total. The minimum absolute atomic E-state index is 0.265. The number of rotatable bonds is 5. The lowest BCUT2D eigenvalue weighted by Crippen LogP contribution is -2.28. The number of hydrogen-bond acceptors (Lipinski definition) is 4. The number of carbonyl (C=O) groups is 1. The molecule has 0 fully saturated rings. The molecule has 0 spiro atoms. The van der Waals surface area contributed by atoms with Crippen LogP contribution in [0.3, 0.4) is 0 Å². The van der Waals surface area contributed by atoms with Gasteiger partial charge in [0.15, 0.2) is 17.8 Å². The van der Waals surface area contributed by atoms with E-state index in [1.54, 1.807) is 0 Å². The molecule has 1 unspecified atom stereocenters. The number of benzene rings is 2. The minimum atomic E-state index is -0.703. The van der Waals surface area contributed by atoms with Gasteiger partial charge in [-0.05, 0) is 18.6 Å². The molecular weight excluding hydrogens is 450 g/mol. The fraction of sp³-hybridized carbons (Fsp3) is 0.207. The number of fused-ring (bicyclic) bond motifs is 3. The van der Waals surface area contributed by atoms with Gasteiger partial charge in [0, 0.05) is 47.2 Å². The molecule has 36 heavy (non-hydrogen) atoms. The zero-order valence-corrected chi connectivity index (χ0v) is 20.0. The van der Waals surface area contributed by atoms with Crippen LogP contribution in [0.25, 0.3) is 39.1 Å². The molecule has 7 heteroatoms. The maximum atomic E-state index is 11.2. The van der Waals surface area contributed by atoms with Crippen LogP contribution in [0.1, 0.15) is 24.1 Å². The van der Waals surface area contributed by atoms with Crippen LogP contribution in [-0.4, -0.2) is 48.0 Å². The summed E-state index contributed by atoms with van der Waals surface area (Å²) in [7, 11) is 0. The van der Waals surface area contributed by atoms with Crippen molar-refractivity contribution < 1.29 is 14.5 Å². The van der Waals surface area contributed by atoms with E-state index in [4.69, 9.17) is 4.98 Å². The number of hydrogen-bond donors (Lipinski definition) is 1. The fourth-order valence-corrected chi connectivity index (χ4v) is 4.89. The minimum Gasteiger partial charge on any atom is -0.481 e. The van der Waals surface area contributed by atoms with Crippen LogP contribution in [0.2, 0.25) is 0 Å². The number of carboxylic acids is 1. The molecule has 0 radical (unpaired) electrons. The van der Waals surface area contributed by atoms with E-state index in [1.165, 1.54) is 5.56 Å². The summed E-state index contributed by atoms with van der Waals surface area (Å²) in [6.07, 6.45) is 5.16. The Kier molecular flexibility index (Phi) is 5.52. The highest BCUT2D eigenvalue weighted by atomic mass is 16.4. The van der Waals surface area contributed by atoms with Crippen LogP contribution in [0.15, 0.2) is 72.9 Å². The molecule has 3 aromatic heterocycles. The van der Waals surface area contributed by atoms with E-state index in [2.05, 4.69) is 57.1 Å². The average molecular weight is 477 g/mol. The van der Waals surface area contributed by atoms with E-state index in [0.717, 1.165) is 57.8 Å². The molecule has 1 atom stereocenters. The predicted molar refractivity (Wildman–Crippen MR) is 139 cm³/mol. The maximum Gasteiger partial charge on any atom is 0.307 e. The zero-order valence-electron chi connectivity index (χ0n) is 20.0. The quantitative estimate of drug-likeness (QED) is 0.361. The molecule has 0 saturated carbocycles. The first-order valence-corrected chi connectivity index (χ1v) is 12.2. The molecular formula is C29H26N5O2+. The van der Waals surface area contributed by atoms with Crippen LogP contribution in [0, 0.1) is 12.8 Å². The lowest BCUT2D eigenvalue weighted by molar-refractivity contribution is -0.545. The third-order valence-corrected chi connectivity index (χ3v) is 6.84. The molecule has 0 bridgehead atoms. The summed E-state index contributed by atoms with van der Waals surface area (Å²) in [4.78, 5) is 20.9. The van der Waals surface area contributed by atoms with Crippen LogP contribution in [0.4, 0.5) is 0 Å². The average Bonchev–Trinajstić information content (AvgIpc) is 3.30. The second-order valence-corrected chi connectivity index (χ2v) is 9.39. The maximum absolute atomic E-state index is 11.2. The van der Waals surface area contributed by atoms with Gasteiger partial charge < -0.3 is 5.11 Å². The molecule has 0 saturated heterocycles. The van der Waals surface area contributed by atoms with E-state index in [0.29, 0.717) is 12.8 Å². The van der Waals surface area contributed by atoms with Crippen LogP contribution >= 0.6 is 0 Å². The fourth-order valence-electron chi connectivity index (χ4n) is 4.89. The van der Waals surface area contributed by atoms with Crippen LogP contribution in [-0.2, 0) is 11.3 Å². The summed E-state index contributed by atoms with van der Waals surface area (Å²) in [6.45, 7) is 3.48. The number of pyridine rings is 1. The van der Waals surface area contributed by atoms with Crippen molar-refractivity contribution in [1.82, 2.24) is 19.6 Å². The van der Waals surface area contributed by atoms with E-state index in [1.807, 2.05) is 48.1 Å². The largest absolute Gasteiger partial charge is 0.481 e. The van der Waals surface area contributed by atoms with Crippen molar-refractivity contribution in [3.8, 4) is 22.4 Å². The first-order valence-electron chi connectivity index (χ1n) is 12.2. The van der Waals surface area contributed by atoms with Gasteiger partial charge in [-0.3, -0.25) is 4.79 Å². The molecule has 6 rings (SSSR count). The first-order chi connectivity index (χ1) is 17.5. The Hall–Kier alpha value is -4.39. The Morgan fingerprint density at radius 2 is 1.89 bits per heavy atom. The molecule has 0 aliphatic carbocycles.